The van der Waals surface area contributed by atoms with Crippen molar-refractivity contribution >= 4 is 22.4 Å². The van der Waals surface area contributed by atoms with E-state index in [0.717, 1.165) is 40.3 Å². The Bertz CT molecular complexity index is 777. The molecule has 1 aliphatic heterocycles. The summed E-state index contributed by atoms with van der Waals surface area (Å²) in [6.07, 6.45) is 7.78. The number of carbonyl (C=O) groups is 1. The van der Waals surface area contributed by atoms with Crippen LogP contribution in [0, 0.1) is 6.92 Å². The van der Waals surface area contributed by atoms with Crippen LogP contribution in [0.1, 0.15) is 54.8 Å². The fourth-order valence-corrected chi connectivity index (χ4v) is 4.87. The highest BCUT2D eigenvalue weighted by molar-refractivity contribution is 7.17. The number of rotatable bonds is 3. The Morgan fingerprint density at radius 1 is 1.23 bits per heavy atom. The van der Waals surface area contributed by atoms with E-state index in [0.29, 0.717) is 24.9 Å². The molecule has 140 valence electrons. The van der Waals surface area contributed by atoms with Crippen LogP contribution in [0.4, 0.5) is 9.80 Å². The summed E-state index contributed by atoms with van der Waals surface area (Å²) in [7, 11) is 0. The van der Waals surface area contributed by atoms with Crippen molar-refractivity contribution in [2.75, 3.05) is 11.9 Å². The maximum atomic E-state index is 12.6. The highest BCUT2D eigenvalue weighted by atomic mass is 32.1. The number of nitrogens with one attached hydrogen (secondary N) is 2. The molecule has 7 nitrogen and oxygen atoms in total. The predicted molar refractivity (Wildman–Crippen MR) is 99.4 cm³/mol. The quantitative estimate of drug-likeness (QED) is 0.790. The average molecular weight is 376 g/mol. The minimum absolute atomic E-state index is 0.158. The lowest BCUT2D eigenvalue weighted by Crippen LogP contribution is -2.37. The summed E-state index contributed by atoms with van der Waals surface area (Å²) in [6.45, 7) is 3.02. The zero-order valence-corrected chi connectivity index (χ0v) is 15.8. The highest BCUT2D eigenvalue weighted by Gasteiger charge is 2.27. The SMILES string of the molecule is Cc1noc(-c2c(NC(=O)NC3CCCCCC3)sc3c2CCOC3)n1. The van der Waals surface area contributed by atoms with Crippen LogP contribution in [-0.2, 0) is 17.8 Å². The van der Waals surface area contributed by atoms with E-state index >= 15 is 0 Å². The summed E-state index contributed by atoms with van der Waals surface area (Å²) < 4.78 is 11.0. The number of amides is 2. The van der Waals surface area contributed by atoms with Gasteiger partial charge in [-0.05, 0) is 31.7 Å². The number of anilines is 1. The first-order valence-corrected chi connectivity index (χ1v) is 10.1. The first kappa shape index (κ1) is 17.5. The Morgan fingerprint density at radius 3 is 2.77 bits per heavy atom. The summed E-state index contributed by atoms with van der Waals surface area (Å²) in [4.78, 5) is 18.1. The van der Waals surface area contributed by atoms with Crippen molar-refractivity contribution in [3.8, 4) is 11.5 Å². The molecule has 0 unspecified atom stereocenters. The summed E-state index contributed by atoms with van der Waals surface area (Å²) >= 11 is 1.54. The number of hydrogen-bond acceptors (Lipinski definition) is 6. The van der Waals surface area contributed by atoms with Crippen LogP contribution in [-0.4, -0.2) is 28.8 Å². The number of thiophene rings is 1. The molecule has 0 saturated heterocycles. The van der Waals surface area contributed by atoms with Crippen molar-refractivity contribution in [2.45, 2.75) is 64.5 Å². The van der Waals surface area contributed by atoms with Crippen LogP contribution in [0.2, 0.25) is 0 Å². The highest BCUT2D eigenvalue weighted by Crippen LogP contribution is 2.42. The molecule has 1 fully saturated rings. The molecule has 2 aliphatic rings. The van der Waals surface area contributed by atoms with Gasteiger partial charge < -0.3 is 14.6 Å². The molecular formula is C18H24N4O3S. The number of carbonyl (C=O) groups excluding carboxylic acids is 1. The van der Waals surface area contributed by atoms with Crippen LogP contribution in [0.25, 0.3) is 11.5 Å². The third-order valence-corrected chi connectivity index (χ3v) is 6.10. The first-order chi connectivity index (χ1) is 12.7. The first-order valence-electron chi connectivity index (χ1n) is 9.31. The van der Waals surface area contributed by atoms with Gasteiger partial charge in [-0.2, -0.15) is 4.98 Å². The van der Waals surface area contributed by atoms with Crippen molar-refractivity contribution in [2.24, 2.45) is 0 Å². The summed E-state index contributed by atoms with van der Waals surface area (Å²) in [5, 5.41) is 10.8. The molecule has 0 atom stereocenters. The van der Waals surface area contributed by atoms with Crippen molar-refractivity contribution in [1.29, 1.82) is 0 Å². The van der Waals surface area contributed by atoms with E-state index in [1.54, 1.807) is 6.92 Å². The van der Waals surface area contributed by atoms with Crippen LogP contribution < -0.4 is 10.6 Å². The molecule has 3 heterocycles. The molecule has 1 aliphatic carbocycles. The number of hydrogen-bond donors (Lipinski definition) is 2. The number of aromatic nitrogens is 2. The number of aryl methyl sites for hydroxylation is 1. The van der Waals surface area contributed by atoms with Gasteiger partial charge in [-0.15, -0.1) is 11.3 Å². The average Bonchev–Trinajstić information content (AvgIpc) is 3.09. The molecule has 2 amide bonds. The summed E-state index contributed by atoms with van der Waals surface area (Å²) in [5.41, 5.74) is 2.00. The van der Waals surface area contributed by atoms with Gasteiger partial charge in [-0.1, -0.05) is 30.8 Å². The zero-order chi connectivity index (χ0) is 17.9. The predicted octanol–water partition coefficient (Wildman–Crippen LogP) is 4.02. The van der Waals surface area contributed by atoms with Crippen molar-refractivity contribution in [1.82, 2.24) is 15.5 Å². The second-order valence-corrected chi connectivity index (χ2v) is 8.05. The molecule has 2 aromatic rings. The van der Waals surface area contributed by atoms with Crippen LogP contribution in [0.5, 0.6) is 0 Å². The van der Waals surface area contributed by atoms with Gasteiger partial charge in [0.25, 0.3) is 5.89 Å². The van der Waals surface area contributed by atoms with E-state index in [-0.39, 0.29) is 12.1 Å². The van der Waals surface area contributed by atoms with E-state index in [1.807, 2.05) is 0 Å². The maximum Gasteiger partial charge on any atom is 0.320 e. The molecular weight excluding hydrogens is 352 g/mol. The van der Waals surface area contributed by atoms with E-state index in [2.05, 4.69) is 20.8 Å². The van der Waals surface area contributed by atoms with Crippen molar-refractivity contribution in [3.05, 3.63) is 16.3 Å². The third-order valence-electron chi connectivity index (χ3n) is 4.98. The minimum atomic E-state index is -0.158. The number of nitrogens with zero attached hydrogens (tertiary/aromatic N) is 2. The minimum Gasteiger partial charge on any atom is -0.376 e. The Labute approximate surface area is 156 Å². The summed E-state index contributed by atoms with van der Waals surface area (Å²) in [5.74, 6) is 1.05. The third kappa shape index (κ3) is 3.76. The molecule has 8 heteroatoms. The van der Waals surface area contributed by atoms with Crippen molar-refractivity contribution in [3.63, 3.8) is 0 Å². The molecule has 2 N–H and O–H groups in total. The van der Waals surface area contributed by atoms with Gasteiger partial charge in [0.05, 0.1) is 18.8 Å². The van der Waals surface area contributed by atoms with E-state index in [4.69, 9.17) is 9.26 Å². The van der Waals surface area contributed by atoms with Gasteiger partial charge in [0.1, 0.15) is 5.00 Å². The Hall–Kier alpha value is -1.93. The summed E-state index contributed by atoms with van der Waals surface area (Å²) in [6, 6.07) is 0.0958. The lowest BCUT2D eigenvalue weighted by Gasteiger charge is -2.16. The van der Waals surface area contributed by atoms with Gasteiger partial charge in [-0.25, -0.2) is 4.79 Å². The standard InChI is InChI=1S/C18H24N4O3S/c1-11-19-16(25-22-11)15-13-8-9-24-10-14(13)26-17(15)21-18(23)20-12-6-4-2-3-5-7-12/h12H,2-10H2,1H3,(H2,20,21,23). The molecule has 26 heavy (non-hydrogen) atoms. The Balaban J connectivity index is 1.55. The Morgan fingerprint density at radius 2 is 2.04 bits per heavy atom. The number of urea groups is 1. The number of ether oxygens (including phenoxy) is 1. The second kappa shape index (κ2) is 7.75. The van der Waals surface area contributed by atoms with Gasteiger partial charge in [0, 0.05) is 10.9 Å². The normalized spacial score (nSPS) is 18.2. The van der Waals surface area contributed by atoms with Gasteiger partial charge in [0.15, 0.2) is 5.82 Å². The van der Waals surface area contributed by atoms with Gasteiger partial charge >= 0.3 is 6.03 Å². The largest absolute Gasteiger partial charge is 0.376 e. The monoisotopic (exact) mass is 376 g/mol. The van der Waals surface area contributed by atoms with Crippen molar-refractivity contribution < 1.29 is 14.1 Å². The van der Waals surface area contributed by atoms with Gasteiger partial charge in [0.2, 0.25) is 0 Å². The number of fused-ring (bicyclic) bond motifs is 1. The lowest BCUT2D eigenvalue weighted by molar-refractivity contribution is 0.113. The van der Waals surface area contributed by atoms with E-state index < -0.39 is 0 Å². The maximum absolute atomic E-state index is 12.6. The van der Waals surface area contributed by atoms with E-state index in [1.165, 1.54) is 37.0 Å². The van der Waals surface area contributed by atoms with Crippen LogP contribution in [0.3, 0.4) is 0 Å². The molecule has 4 rings (SSSR count). The fourth-order valence-electron chi connectivity index (χ4n) is 3.69. The molecule has 0 radical (unpaired) electrons. The zero-order valence-electron chi connectivity index (χ0n) is 15.0. The molecule has 0 spiro atoms. The molecule has 0 aromatic carbocycles. The smallest absolute Gasteiger partial charge is 0.320 e. The Kier molecular flexibility index (Phi) is 5.21. The second-order valence-electron chi connectivity index (χ2n) is 6.94. The van der Waals surface area contributed by atoms with Crippen LogP contribution >= 0.6 is 11.3 Å². The molecule has 2 aromatic heterocycles. The van der Waals surface area contributed by atoms with Crippen LogP contribution in [0.15, 0.2) is 4.52 Å². The van der Waals surface area contributed by atoms with E-state index in [9.17, 15) is 4.79 Å². The molecule has 1 saturated carbocycles. The van der Waals surface area contributed by atoms with Gasteiger partial charge in [-0.3, -0.25) is 5.32 Å². The topological polar surface area (TPSA) is 89.3 Å². The fraction of sp³-hybridized carbons (Fsp3) is 0.611. The lowest BCUT2D eigenvalue weighted by atomic mass is 10.1. The molecule has 0 bridgehead atoms.